The van der Waals surface area contributed by atoms with E-state index in [9.17, 15) is 4.79 Å². The highest BCUT2D eigenvalue weighted by atomic mass is 32.2. The lowest BCUT2D eigenvalue weighted by Crippen LogP contribution is -2.14. The molecule has 0 atom stereocenters. The average Bonchev–Trinajstić information content (AvgIpc) is 3.54. The van der Waals surface area contributed by atoms with Gasteiger partial charge in [0.2, 0.25) is 17.9 Å². The van der Waals surface area contributed by atoms with Crippen molar-refractivity contribution < 1.29 is 14.3 Å². The Hall–Kier alpha value is -3.44. The topological polar surface area (TPSA) is 104 Å². The van der Waals surface area contributed by atoms with Crippen LogP contribution in [0.25, 0.3) is 16.9 Å². The van der Waals surface area contributed by atoms with Gasteiger partial charge in [-0.3, -0.25) is 4.79 Å². The average molecular weight is 467 g/mol. The monoisotopic (exact) mass is 466 g/mol. The number of ether oxygens (including phenoxy) is 2. The number of amides is 1. The summed E-state index contributed by atoms with van der Waals surface area (Å²) in [6.45, 7) is 4.23. The molecule has 0 bridgehead atoms. The Bertz CT molecular complexity index is 1300. The van der Waals surface area contributed by atoms with Gasteiger partial charge in [-0.15, -0.1) is 16.4 Å². The van der Waals surface area contributed by atoms with E-state index >= 15 is 0 Å². The first-order valence-corrected chi connectivity index (χ1v) is 11.6. The SMILES string of the molecule is Cc1ccc(C)c(-n2nnnc2SCC(=O)Nc2nc(-c3ccc4c(c3)OCO4)cs2)c1. The van der Waals surface area contributed by atoms with E-state index in [1.165, 1.54) is 23.1 Å². The second kappa shape index (κ2) is 8.60. The van der Waals surface area contributed by atoms with Gasteiger partial charge in [0.25, 0.3) is 0 Å². The van der Waals surface area contributed by atoms with Crippen LogP contribution in [0.4, 0.5) is 5.13 Å². The molecule has 1 N–H and O–H groups in total. The van der Waals surface area contributed by atoms with Crippen LogP contribution in [-0.4, -0.2) is 43.6 Å². The van der Waals surface area contributed by atoms with Crippen molar-refractivity contribution in [2.75, 3.05) is 17.9 Å². The van der Waals surface area contributed by atoms with E-state index < -0.39 is 0 Å². The fourth-order valence-corrected chi connectivity index (χ4v) is 4.59. The molecule has 0 spiro atoms. The number of rotatable bonds is 6. The molecule has 3 heterocycles. The maximum atomic E-state index is 12.5. The van der Waals surface area contributed by atoms with Gasteiger partial charge in [0.15, 0.2) is 16.6 Å². The number of aromatic nitrogens is 5. The Balaban J connectivity index is 1.23. The molecular formula is C21H18N6O3S2. The van der Waals surface area contributed by atoms with Crippen LogP contribution < -0.4 is 14.8 Å². The summed E-state index contributed by atoms with van der Waals surface area (Å²) in [4.78, 5) is 17.0. The summed E-state index contributed by atoms with van der Waals surface area (Å²) in [5, 5.41) is 17.7. The molecule has 2 aromatic carbocycles. The largest absolute Gasteiger partial charge is 0.454 e. The van der Waals surface area contributed by atoms with Gasteiger partial charge >= 0.3 is 0 Å². The first-order chi connectivity index (χ1) is 15.6. The summed E-state index contributed by atoms with van der Waals surface area (Å²) < 4.78 is 12.4. The molecule has 1 aliphatic rings. The molecule has 162 valence electrons. The number of carbonyl (C=O) groups is 1. The smallest absolute Gasteiger partial charge is 0.236 e. The van der Waals surface area contributed by atoms with Crippen LogP contribution in [0.3, 0.4) is 0 Å². The van der Waals surface area contributed by atoms with Crippen LogP contribution >= 0.6 is 23.1 Å². The molecule has 9 nitrogen and oxygen atoms in total. The van der Waals surface area contributed by atoms with E-state index in [4.69, 9.17) is 9.47 Å². The highest BCUT2D eigenvalue weighted by Crippen LogP contribution is 2.36. The number of thioether (sulfide) groups is 1. The van der Waals surface area contributed by atoms with Crippen molar-refractivity contribution in [3.8, 4) is 28.4 Å². The molecule has 1 aliphatic heterocycles. The second-order valence-electron chi connectivity index (χ2n) is 7.11. The standard InChI is InChI=1S/C21H18N6O3S2/c1-12-3-4-13(2)16(7-12)27-21(24-25-26-27)32-10-19(28)23-20-22-15(9-31-20)14-5-6-17-18(8-14)30-11-29-17/h3-9H,10-11H2,1-2H3,(H,22,23,28). The van der Waals surface area contributed by atoms with Crippen molar-refractivity contribution in [3.63, 3.8) is 0 Å². The summed E-state index contributed by atoms with van der Waals surface area (Å²) >= 11 is 2.63. The molecule has 5 rings (SSSR count). The maximum Gasteiger partial charge on any atom is 0.236 e. The van der Waals surface area contributed by atoms with Crippen molar-refractivity contribution in [1.82, 2.24) is 25.2 Å². The minimum atomic E-state index is -0.183. The van der Waals surface area contributed by atoms with Gasteiger partial charge in [-0.2, -0.15) is 4.68 Å². The molecular weight excluding hydrogens is 448 g/mol. The molecule has 11 heteroatoms. The number of hydrogen-bond acceptors (Lipinski definition) is 9. The van der Waals surface area contributed by atoms with Crippen molar-refractivity contribution in [2.45, 2.75) is 19.0 Å². The highest BCUT2D eigenvalue weighted by Gasteiger charge is 2.17. The number of thiazole rings is 1. The Labute approximate surface area is 191 Å². The zero-order valence-electron chi connectivity index (χ0n) is 17.2. The molecule has 0 unspecified atom stereocenters. The van der Waals surface area contributed by atoms with Gasteiger partial charge in [-0.1, -0.05) is 23.9 Å². The first-order valence-electron chi connectivity index (χ1n) is 9.71. The van der Waals surface area contributed by atoms with Gasteiger partial charge in [-0.05, 0) is 59.7 Å². The van der Waals surface area contributed by atoms with Crippen LogP contribution in [0.5, 0.6) is 11.5 Å². The molecule has 4 aromatic rings. The number of nitrogens with one attached hydrogen (secondary N) is 1. The number of nitrogens with zero attached hydrogens (tertiary/aromatic N) is 5. The number of aryl methyl sites for hydroxylation is 2. The zero-order chi connectivity index (χ0) is 22.1. The Morgan fingerprint density at radius 2 is 2.06 bits per heavy atom. The summed E-state index contributed by atoms with van der Waals surface area (Å²) in [6, 6.07) is 11.7. The molecule has 1 amide bonds. The van der Waals surface area contributed by atoms with Crippen molar-refractivity contribution in [2.24, 2.45) is 0 Å². The Morgan fingerprint density at radius 1 is 1.19 bits per heavy atom. The van der Waals surface area contributed by atoms with Gasteiger partial charge in [0.05, 0.1) is 17.1 Å². The van der Waals surface area contributed by atoms with Crippen LogP contribution in [0.2, 0.25) is 0 Å². The minimum absolute atomic E-state index is 0.157. The molecule has 32 heavy (non-hydrogen) atoms. The second-order valence-corrected chi connectivity index (χ2v) is 8.91. The minimum Gasteiger partial charge on any atom is -0.454 e. The highest BCUT2D eigenvalue weighted by molar-refractivity contribution is 7.99. The van der Waals surface area contributed by atoms with Gasteiger partial charge in [0.1, 0.15) is 0 Å². The third kappa shape index (κ3) is 4.16. The van der Waals surface area contributed by atoms with Crippen molar-refractivity contribution in [1.29, 1.82) is 0 Å². The van der Waals surface area contributed by atoms with E-state index in [0.29, 0.717) is 16.0 Å². The van der Waals surface area contributed by atoms with Crippen molar-refractivity contribution >= 4 is 34.1 Å². The summed E-state index contributed by atoms with van der Waals surface area (Å²) in [5.41, 5.74) is 4.71. The van der Waals surface area contributed by atoms with Crippen LogP contribution in [0.15, 0.2) is 46.9 Å². The summed E-state index contributed by atoms with van der Waals surface area (Å²) in [5.74, 6) is 1.39. The van der Waals surface area contributed by atoms with Gasteiger partial charge < -0.3 is 14.8 Å². The Kier molecular flexibility index (Phi) is 5.50. The fraction of sp³-hybridized carbons (Fsp3) is 0.190. The van der Waals surface area contributed by atoms with Crippen molar-refractivity contribution in [3.05, 3.63) is 52.9 Å². The predicted octanol–water partition coefficient (Wildman–Crippen LogP) is 3.86. The summed E-state index contributed by atoms with van der Waals surface area (Å²) in [7, 11) is 0. The van der Waals surface area contributed by atoms with Crippen LogP contribution in [0.1, 0.15) is 11.1 Å². The van der Waals surface area contributed by atoms with Gasteiger partial charge in [0, 0.05) is 10.9 Å². The number of anilines is 1. The van der Waals surface area contributed by atoms with E-state index in [1.54, 1.807) is 4.68 Å². The molecule has 0 fully saturated rings. The Morgan fingerprint density at radius 3 is 2.97 bits per heavy atom. The quantitative estimate of drug-likeness (QED) is 0.427. The molecule has 0 radical (unpaired) electrons. The number of hydrogen-bond donors (Lipinski definition) is 1. The molecule has 0 saturated carbocycles. The molecule has 0 aliphatic carbocycles. The normalized spacial score (nSPS) is 12.2. The maximum absolute atomic E-state index is 12.5. The fourth-order valence-electron chi connectivity index (χ4n) is 3.17. The lowest BCUT2D eigenvalue weighted by molar-refractivity contribution is -0.113. The number of carbonyl (C=O) groups excluding carboxylic acids is 1. The lowest BCUT2D eigenvalue weighted by atomic mass is 10.1. The third-order valence-corrected chi connectivity index (χ3v) is 6.46. The first kappa shape index (κ1) is 20.5. The van der Waals surface area contributed by atoms with Gasteiger partial charge in [-0.25, -0.2) is 4.98 Å². The van der Waals surface area contributed by atoms with E-state index in [0.717, 1.165) is 33.8 Å². The van der Waals surface area contributed by atoms with E-state index in [2.05, 4.69) is 25.8 Å². The third-order valence-electron chi connectivity index (χ3n) is 4.78. The number of fused-ring (bicyclic) bond motifs is 1. The zero-order valence-corrected chi connectivity index (χ0v) is 18.9. The molecule has 0 saturated heterocycles. The number of tetrazole rings is 1. The lowest BCUT2D eigenvalue weighted by Gasteiger charge is -2.08. The van der Waals surface area contributed by atoms with E-state index in [1.807, 2.05) is 55.6 Å². The van der Waals surface area contributed by atoms with Crippen LogP contribution in [-0.2, 0) is 4.79 Å². The van der Waals surface area contributed by atoms with Crippen LogP contribution in [0, 0.1) is 13.8 Å². The van der Waals surface area contributed by atoms with E-state index in [-0.39, 0.29) is 18.5 Å². The predicted molar refractivity (Wildman–Crippen MR) is 122 cm³/mol. The molecule has 2 aromatic heterocycles. The summed E-state index contributed by atoms with van der Waals surface area (Å²) in [6.07, 6.45) is 0. The number of benzene rings is 2.